The van der Waals surface area contributed by atoms with Gasteiger partial charge in [-0.3, -0.25) is 4.40 Å². The summed E-state index contributed by atoms with van der Waals surface area (Å²) in [6.45, 7) is 2.14. The SMILES string of the molecule is Cc1c(CNC(=O)Nc2ccc(OC(F)(F)F)cc2)sc2nc(-c3ccc(F)cc3)cn12. The van der Waals surface area contributed by atoms with Crippen molar-refractivity contribution in [1.82, 2.24) is 14.7 Å². The predicted molar refractivity (Wildman–Crippen MR) is 112 cm³/mol. The third-order valence-electron chi connectivity index (χ3n) is 4.55. The van der Waals surface area contributed by atoms with Gasteiger partial charge in [-0.2, -0.15) is 0 Å². The number of thiazole rings is 1. The Kier molecular flexibility index (Phi) is 5.74. The van der Waals surface area contributed by atoms with Crippen molar-refractivity contribution in [2.45, 2.75) is 19.8 Å². The van der Waals surface area contributed by atoms with Gasteiger partial charge in [0.2, 0.25) is 0 Å². The molecule has 0 saturated heterocycles. The van der Waals surface area contributed by atoms with Crippen LogP contribution in [0.25, 0.3) is 16.2 Å². The number of aromatic nitrogens is 2. The van der Waals surface area contributed by atoms with Gasteiger partial charge in [-0.25, -0.2) is 14.2 Å². The molecule has 0 spiro atoms. The topological polar surface area (TPSA) is 67.7 Å². The van der Waals surface area contributed by atoms with Crippen LogP contribution in [-0.2, 0) is 6.54 Å². The molecule has 0 radical (unpaired) electrons. The van der Waals surface area contributed by atoms with Crippen LogP contribution in [0, 0.1) is 12.7 Å². The summed E-state index contributed by atoms with van der Waals surface area (Å²) in [6.07, 6.45) is -2.92. The zero-order valence-electron chi connectivity index (χ0n) is 16.5. The van der Waals surface area contributed by atoms with E-state index in [1.807, 2.05) is 17.5 Å². The summed E-state index contributed by atoms with van der Waals surface area (Å²) in [5, 5.41) is 5.26. The number of carbonyl (C=O) groups excluding carboxylic acids is 1. The number of hydrogen-bond donors (Lipinski definition) is 2. The number of anilines is 1. The zero-order valence-corrected chi connectivity index (χ0v) is 17.4. The molecule has 166 valence electrons. The molecule has 0 unspecified atom stereocenters. The molecule has 4 aromatic rings. The molecule has 0 aliphatic heterocycles. The third-order valence-corrected chi connectivity index (χ3v) is 5.70. The highest BCUT2D eigenvalue weighted by Gasteiger charge is 2.31. The Balaban J connectivity index is 1.37. The third kappa shape index (κ3) is 4.99. The molecular formula is C21H16F4N4O2S. The smallest absolute Gasteiger partial charge is 0.406 e. The Morgan fingerprint density at radius 3 is 2.44 bits per heavy atom. The van der Waals surface area contributed by atoms with Crippen LogP contribution in [0.3, 0.4) is 0 Å². The van der Waals surface area contributed by atoms with Crippen molar-refractivity contribution in [3.05, 3.63) is 71.1 Å². The molecule has 11 heteroatoms. The van der Waals surface area contributed by atoms with Crippen molar-refractivity contribution in [3.8, 4) is 17.0 Å². The van der Waals surface area contributed by atoms with Crippen molar-refractivity contribution in [1.29, 1.82) is 0 Å². The second-order valence-electron chi connectivity index (χ2n) is 6.78. The molecule has 2 N–H and O–H groups in total. The average Bonchev–Trinajstić information content (AvgIpc) is 3.27. The minimum atomic E-state index is -4.77. The number of nitrogens with zero attached hydrogens (tertiary/aromatic N) is 2. The summed E-state index contributed by atoms with van der Waals surface area (Å²) in [6, 6.07) is 10.4. The van der Waals surface area contributed by atoms with Gasteiger partial charge in [-0.05, 0) is 55.5 Å². The summed E-state index contributed by atoms with van der Waals surface area (Å²) in [5.74, 6) is -0.691. The lowest BCUT2D eigenvalue weighted by Crippen LogP contribution is -2.28. The molecule has 2 aromatic carbocycles. The average molecular weight is 464 g/mol. The minimum Gasteiger partial charge on any atom is -0.406 e. The van der Waals surface area contributed by atoms with Crippen molar-refractivity contribution < 1.29 is 27.1 Å². The molecule has 2 heterocycles. The van der Waals surface area contributed by atoms with Crippen LogP contribution < -0.4 is 15.4 Å². The molecule has 6 nitrogen and oxygen atoms in total. The van der Waals surface area contributed by atoms with Crippen LogP contribution in [0.5, 0.6) is 5.75 Å². The van der Waals surface area contributed by atoms with Crippen molar-refractivity contribution in [2.24, 2.45) is 0 Å². The monoisotopic (exact) mass is 464 g/mol. The second kappa shape index (κ2) is 8.50. The van der Waals surface area contributed by atoms with E-state index in [2.05, 4.69) is 20.4 Å². The molecule has 0 bridgehead atoms. The standard InChI is InChI=1S/C21H16F4N4O2S/c1-12-18(32-20-28-17(11-29(12)20)13-2-4-14(22)5-3-13)10-26-19(30)27-15-6-8-16(9-7-15)31-21(23,24)25/h2-9,11H,10H2,1H3,(H2,26,27,30). The number of imidazole rings is 1. The summed E-state index contributed by atoms with van der Waals surface area (Å²) >= 11 is 1.41. The van der Waals surface area contributed by atoms with Crippen molar-refractivity contribution >= 4 is 28.0 Å². The largest absolute Gasteiger partial charge is 0.573 e. The number of aryl methyl sites for hydroxylation is 1. The molecule has 2 amide bonds. The van der Waals surface area contributed by atoms with Gasteiger partial charge in [0.15, 0.2) is 4.96 Å². The van der Waals surface area contributed by atoms with E-state index in [9.17, 15) is 22.4 Å². The van der Waals surface area contributed by atoms with Crippen LogP contribution in [-0.4, -0.2) is 21.8 Å². The molecule has 0 aliphatic carbocycles. The first-order valence-electron chi connectivity index (χ1n) is 9.32. The molecule has 0 aliphatic rings. The summed E-state index contributed by atoms with van der Waals surface area (Å²) in [7, 11) is 0. The Bertz CT molecular complexity index is 1250. The van der Waals surface area contributed by atoms with E-state index in [1.54, 1.807) is 12.1 Å². The maximum absolute atomic E-state index is 13.1. The van der Waals surface area contributed by atoms with Crippen LogP contribution in [0.15, 0.2) is 54.7 Å². The van der Waals surface area contributed by atoms with Crippen molar-refractivity contribution in [2.75, 3.05) is 5.32 Å². The van der Waals surface area contributed by atoms with Crippen LogP contribution in [0.1, 0.15) is 10.6 Å². The van der Waals surface area contributed by atoms with Crippen LogP contribution >= 0.6 is 11.3 Å². The van der Waals surface area contributed by atoms with E-state index in [-0.39, 0.29) is 18.1 Å². The van der Waals surface area contributed by atoms with E-state index >= 15 is 0 Å². The quantitative estimate of drug-likeness (QED) is 0.371. The fourth-order valence-corrected chi connectivity index (χ4v) is 4.04. The van der Waals surface area contributed by atoms with E-state index in [0.717, 1.165) is 38.9 Å². The Hall–Kier alpha value is -3.60. The number of fused-ring (bicyclic) bond motifs is 1. The van der Waals surface area contributed by atoms with Crippen LogP contribution in [0.2, 0.25) is 0 Å². The molecule has 0 fully saturated rings. The van der Waals surface area contributed by atoms with E-state index in [0.29, 0.717) is 5.69 Å². The molecule has 0 saturated carbocycles. The number of alkyl halides is 3. The van der Waals surface area contributed by atoms with Gasteiger partial charge in [0.25, 0.3) is 0 Å². The Morgan fingerprint density at radius 2 is 1.81 bits per heavy atom. The first-order chi connectivity index (χ1) is 15.2. The molecule has 0 atom stereocenters. The summed E-state index contributed by atoms with van der Waals surface area (Å²) < 4.78 is 55.4. The lowest BCUT2D eigenvalue weighted by Gasteiger charge is -2.10. The highest BCUT2D eigenvalue weighted by molar-refractivity contribution is 7.17. The normalized spacial score (nSPS) is 11.5. The summed E-state index contributed by atoms with van der Waals surface area (Å²) in [5.41, 5.74) is 2.74. The fourth-order valence-electron chi connectivity index (χ4n) is 2.99. The maximum Gasteiger partial charge on any atom is 0.573 e. The molecule has 2 aromatic heterocycles. The first-order valence-corrected chi connectivity index (χ1v) is 10.1. The number of urea groups is 1. The van der Waals surface area contributed by atoms with E-state index in [4.69, 9.17) is 0 Å². The van der Waals surface area contributed by atoms with Gasteiger partial charge in [-0.15, -0.1) is 13.2 Å². The van der Waals surface area contributed by atoms with Gasteiger partial charge >= 0.3 is 12.4 Å². The number of nitrogens with one attached hydrogen (secondary N) is 2. The fraction of sp³-hybridized carbons (Fsp3) is 0.143. The number of benzene rings is 2. The van der Waals surface area contributed by atoms with Gasteiger partial charge in [0, 0.05) is 28.0 Å². The highest BCUT2D eigenvalue weighted by atomic mass is 32.1. The lowest BCUT2D eigenvalue weighted by atomic mass is 10.2. The number of halogens is 4. The number of amides is 2. The number of ether oxygens (including phenoxy) is 1. The van der Waals surface area contributed by atoms with Gasteiger partial charge < -0.3 is 15.4 Å². The molecular weight excluding hydrogens is 448 g/mol. The lowest BCUT2D eigenvalue weighted by molar-refractivity contribution is -0.274. The van der Waals surface area contributed by atoms with E-state index < -0.39 is 12.4 Å². The van der Waals surface area contributed by atoms with Crippen LogP contribution in [0.4, 0.5) is 28.0 Å². The summed E-state index contributed by atoms with van der Waals surface area (Å²) in [4.78, 5) is 18.3. The second-order valence-corrected chi connectivity index (χ2v) is 7.84. The molecule has 32 heavy (non-hydrogen) atoms. The van der Waals surface area contributed by atoms with Gasteiger partial charge in [0.05, 0.1) is 12.2 Å². The Morgan fingerprint density at radius 1 is 1.12 bits per heavy atom. The predicted octanol–water partition coefficient (Wildman–Crippen LogP) is 5.73. The number of rotatable bonds is 5. The first kappa shape index (κ1) is 21.6. The molecule has 4 rings (SSSR count). The minimum absolute atomic E-state index is 0.243. The number of hydrogen-bond acceptors (Lipinski definition) is 4. The van der Waals surface area contributed by atoms with E-state index in [1.165, 1.54) is 35.6 Å². The maximum atomic E-state index is 13.1. The van der Waals surface area contributed by atoms with Gasteiger partial charge in [-0.1, -0.05) is 11.3 Å². The van der Waals surface area contributed by atoms with Crippen molar-refractivity contribution in [3.63, 3.8) is 0 Å². The Labute approximate surface area is 183 Å². The van der Waals surface area contributed by atoms with Gasteiger partial charge in [0.1, 0.15) is 11.6 Å². The zero-order chi connectivity index (χ0) is 22.9. The number of carbonyl (C=O) groups is 1. The highest BCUT2D eigenvalue weighted by Crippen LogP contribution is 2.27.